The Bertz CT molecular complexity index is 1020. The van der Waals surface area contributed by atoms with E-state index in [2.05, 4.69) is 20.4 Å². The molecule has 2 aromatic carbocycles. The Morgan fingerprint density at radius 3 is 2.82 bits per heavy atom. The smallest absolute Gasteiger partial charge is 0.184 e. The summed E-state index contributed by atoms with van der Waals surface area (Å²) in [5, 5.41) is 20.9. The van der Waals surface area contributed by atoms with Gasteiger partial charge in [-0.25, -0.2) is 0 Å². The highest BCUT2D eigenvalue weighted by Crippen LogP contribution is 2.31. The highest BCUT2D eigenvalue weighted by atomic mass is 16.5. The van der Waals surface area contributed by atoms with Crippen LogP contribution in [0.1, 0.15) is 5.56 Å². The summed E-state index contributed by atoms with van der Waals surface area (Å²) in [6.07, 6.45) is 2.71. The number of methoxy groups -OCH3 is 1. The molecular weight excluding hydrogens is 434 g/mol. The van der Waals surface area contributed by atoms with E-state index in [9.17, 15) is 5.11 Å². The summed E-state index contributed by atoms with van der Waals surface area (Å²) in [6, 6.07) is 13.7. The lowest BCUT2D eigenvalue weighted by Gasteiger charge is -2.28. The van der Waals surface area contributed by atoms with Crippen LogP contribution in [0.4, 0.5) is 5.69 Å². The van der Waals surface area contributed by atoms with Gasteiger partial charge in [-0.15, -0.1) is 0 Å². The lowest BCUT2D eigenvalue weighted by atomic mass is 10.1. The lowest BCUT2D eigenvalue weighted by Crippen LogP contribution is -2.39. The number of anilines is 1. The number of hydrogen-bond acceptors (Lipinski definition) is 8. The highest BCUT2D eigenvalue weighted by Gasteiger charge is 2.16. The van der Waals surface area contributed by atoms with Crippen LogP contribution in [0.25, 0.3) is 11.1 Å². The maximum absolute atomic E-state index is 10.9. The zero-order chi connectivity index (χ0) is 23.8. The molecule has 34 heavy (non-hydrogen) atoms. The van der Waals surface area contributed by atoms with E-state index in [4.69, 9.17) is 14.2 Å². The number of nitrogens with zero attached hydrogens (tertiary/aromatic N) is 3. The van der Waals surface area contributed by atoms with Crippen LogP contribution in [0.5, 0.6) is 11.5 Å². The molecule has 1 aromatic heterocycles. The summed E-state index contributed by atoms with van der Waals surface area (Å²) in [7, 11) is 3.50. The van der Waals surface area contributed by atoms with Gasteiger partial charge in [0.1, 0.15) is 18.1 Å². The SMILES string of the molecule is COc1cccc(CN(C)C(O)Nc2ccc(-c3cn[nH]c3)cc2OCCN2CCOCC2)c1. The fourth-order valence-corrected chi connectivity index (χ4v) is 3.85. The first kappa shape index (κ1) is 24.0. The van der Waals surface area contributed by atoms with Crippen LogP contribution in [-0.2, 0) is 11.3 Å². The van der Waals surface area contributed by atoms with Gasteiger partial charge in [-0.2, -0.15) is 5.10 Å². The van der Waals surface area contributed by atoms with Gasteiger partial charge in [0, 0.05) is 37.9 Å². The largest absolute Gasteiger partial charge is 0.497 e. The van der Waals surface area contributed by atoms with Crippen molar-refractivity contribution in [2.75, 3.05) is 58.9 Å². The molecule has 0 spiro atoms. The standard InChI is InChI=1S/C25H33N5O4/c1-29(18-19-4-3-5-22(14-19)32-2)25(31)28-23-7-6-20(21-16-26-27-17-21)15-24(23)34-13-10-30-8-11-33-12-9-30/h3-7,14-17,25,28,31H,8-13,18H2,1-2H3,(H,26,27). The van der Waals surface area contributed by atoms with E-state index in [1.54, 1.807) is 13.3 Å². The van der Waals surface area contributed by atoms with Crippen molar-refractivity contribution in [1.29, 1.82) is 0 Å². The number of aromatic amines is 1. The van der Waals surface area contributed by atoms with Gasteiger partial charge in [0.25, 0.3) is 0 Å². The quantitative estimate of drug-likeness (QED) is 0.371. The van der Waals surface area contributed by atoms with Gasteiger partial charge in [-0.05, 0) is 42.4 Å². The zero-order valence-corrected chi connectivity index (χ0v) is 19.7. The van der Waals surface area contributed by atoms with E-state index in [1.807, 2.05) is 60.6 Å². The molecule has 1 atom stereocenters. The van der Waals surface area contributed by atoms with E-state index in [0.29, 0.717) is 18.9 Å². The second-order valence-electron chi connectivity index (χ2n) is 8.29. The molecule has 2 heterocycles. The average Bonchev–Trinajstić information content (AvgIpc) is 3.41. The van der Waals surface area contributed by atoms with Crippen LogP contribution in [0.2, 0.25) is 0 Å². The molecule has 9 nitrogen and oxygen atoms in total. The van der Waals surface area contributed by atoms with Crippen molar-refractivity contribution in [1.82, 2.24) is 20.0 Å². The topological polar surface area (TPSA) is 95.1 Å². The van der Waals surface area contributed by atoms with E-state index in [1.165, 1.54) is 0 Å². The number of aliphatic hydroxyl groups excluding tert-OH is 1. The first-order valence-corrected chi connectivity index (χ1v) is 11.5. The van der Waals surface area contributed by atoms with Gasteiger partial charge in [0.15, 0.2) is 6.35 Å². The Kier molecular flexibility index (Phi) is 8.37. The van der Waals surface area contributed by atoms with Crippen LogP contribution in [0.15, 0.2) is 54.9 Å². The van der Waals surface area contributed by atoms with Crippen LogP contribution in [0, 0.1) is 0 Å². The lowest BCUT2D eigenvalue weighted by molar-refractivity contribution is 0.0319. The number of hydrogen-bond donors (Lipinski definition) is 3. The van der Waals surface area contributed by atoms with E-state index in [0.717, 1.165) is 61.0 Å². The van der Waals surface area contributed by atoms with Crippen LogP contribution >= 0.6 is 0 Å². The minimum atomic E-state index is -0.910. The molecular formula is C25H33N5O4. The molecule has 1 aliphatic heterocycles. The number of nitrogens with one attached hydrogen (secondary N) is 2. The summed E-state index contributed by atoms with van der Waals surface area (Å²) < 4.78 is 16.9. The summed E-state index contributed by atoms with van der Waals surface area (Å²) in [4.78, 5) is 4.14. The number of morpholine rings is 1. The Morgan fingerprint density at radius 1 is 1.21 bits per heavy atom. The van der Waals surface area contributed by atoms with Gasteiger partial charge in [0.05, 0.1) is 32.2 Å². The third kappa shape index (κ3) is 6.48. The Balaban J connectivity index is 1.43. The molecule has 0 aliphatic carbocycles. The van der Waals surface area contributed by atoms with Crippen molar-refractivity contribution in [3.63, 3.8) is 0 Å². The fourth-order valence-electron chi connectivity index (χ4n) is 3.85. The number of aromatic nitrogens is 2. The monoisotopic (exact) mass is 467 g/mol. The summed E-state index contributed by atoms with van der Waals surface area (Å²) in [5.41, 5.74) is 3.72. The predicted octanol–water partition coefficient (Wildman–Crippen LogP) is 2.62. The fraction of sp³-hybridized carbons (Fsp3) is 0.400. The first-order valence-electron chi connectivity index (χ1n) is 11.5. The Labute approximate surface area is 200 Å². The average molecular weight is 468 g/mol. The van der Waals surface area contributed by atoms with E-state index >= 15 is 0 Å². The van der Waals surface area contributed by atoms with Gasteiger partial charge < -0.3 is 24.6 Å². The second-order valence-corrected chi connectivity index (χ2v) is 8.29. The number of aliphatic hydroxyl groups is 1. The van der Waals surface area contributed by atoms with E-state index < -0.39 is 6.35 Å². The van der Waals surface area contributed by atoms with Crippen molar-refractivity contribution in [2.24, 2.45) is 0 Å². The minimum absolute atomic E-state index is 0.541. The number of ether oxygens (including phenoxy) is 3. The van der Waals surface area contributed by atoms with Gasteiger partial charge in [0.2, 0.25) is 0 Å². The van der Waals surface area contributed by atoms with Gasteiger partial charge >= 0.3 is 0 Å². The molecule has 182 valence electrons. The molecule has 1 unspecified atom stereocenters. The number of benzene rings is 2. The third-order valence-corrected chi connectivity index (χ3v) is 5.85. The normalized spacial score (nSPS) is 15.3. The van der Waals surface area contributed by atoms with Crippen LogP contribution in [0.3, 0.4) is 0 Å². The minimum Gasteiger partial charge on any atom is -0.497 e. The Hall–Kier alpha value is -3.11. The Morgan fingerprint density at radius 2 is 2.06 bits per heavy atom. The van der Waals surface area contributed by atoms with Crippen molar-refractivity contribution in [3.8, 4) is 22.6 Å². The molecule has 9 heteroatoms. The molecule has 1 saturated heterocycles. The second kappa shape index (κ2) is 11.8. The zero-order valence-electron chi connectivity index (χ0n) is 19.7. The maximum Gasteiger partial charge on any atom is 0.184 e. The van der Waals surface area contributed by atoms with Crippen molar-refractivity contribution < 1.29 is 19.3 Å². The summed E-state index contributed by atoms with van der Waals surface area (Å²) in [6.45, 7) is 5.25. The maximum atomic E-state index is 10.9. The van der Waals surface area contributed by atoms with Crippen molar-refractivity contribution in [3.05, 3.63) is 60.4 Å². The summed E-state index contributed by atoms with van der Waals surface area (Å²) in [5.74, 6) is 1.47. The third-order valence-electron chi connectivity index (χ3n) is 5.85. The molecule has 3 N–H and O–H groups in total. The van der Waals surface area contributed by atoms with Gasteiger partial charge in [-0.1, -0.05) is 18.2 Å². The molecule has 4 rings (SSSR count). The molecule has 0 saturated carbocycles. The number of H-pyrrole nitrogens is 1. The first-order chi connectivity index (χ1) is 16.6. The van der Waals surface area contributed by atoms with Crippen molar-refractivity contribution in [2.45, 2.75) is 12.9 Å². The van der Waals surface area contributed by atoms with Crippen molar-refractivity contribution >= 4 is 5.69 Å². The molecule has 0 amide bonds. The van der Waals surface area contributed by atoms with Crippen LogP contribution < -0.4 is 14.8 Å². The number of rotatable bonds is 11. The van der Waals surface area contributed by atoms with Crippen LogP contribution in [-0.4, -0.2) is 85.1 Å². The van der Waals surface area contributed by atoms with Gasteiger partial charge in [-0.3, -0.25) is 14.9 Å². The molecule has 1 fully saturated rings. The molecule has 1 aliphatic rings. The molecule has 3 aromatic rings. The highest BCUT2D eigenvalue weighted by molar-refractivity contribution is 5.70. The van der Waals surface area contributed by atoms with E-state index in [-0.39, 0.29) is 0 Å². The predicted molar refractivity (Wildman–Crippen MR) is 131 cm³/mol. The summed E-state index contributed by atoms with van der Waals surface area (Å²) >= 11 is 0. The molecule has 0 bridgehead atoms. The molecule has 0 radical (unpaired) electrons.